The summed E-state index contributed by atoms with van der Waals surface area (Å²) in [5.41, 5.74) is 8.48. The Bertz CT molecular complexity index is 301. The van der Waals surface area contributed by atoms with Gasteiger partial charge in [-0.05, 0) is 33.1 Å². The van der Waals surface area contributed by atoms with Crippen LogP contribution in [0, 0.1) is 13.8 Å². The van der Waals surface area contributed by atoms with Crippen molar-refractivity contribution in [2.45, 2.75) is 39.3 Å². The zero-order chi connectivity index (χ0) is 8.72. The van der Waals surface area contributed by atoms with Crippen molar-refractivity contribution in [3.63, 3.8) is 0 Å². The molecule has 2 N–H and O–H groups in total. The van der Waals surface area contributed by atoms with Gasteiger partial charge in [0.2, 0.25) is 0 Å². The van der Waals surface area contributed by atoms with Gasteiger partial charge in [-0.25, -0.2) is 4.98 Å². The van der Waals surface area contributed by atoms with Crippen LogP contribution in [0.3, 0.4) is 0 Å². The van der Waals surface area contributed by atoms with Crippen LogP contribution in [-0.4, -0.2) is 9.55 Å². The third-order valence-corrected chi connectivity index (χ3v) is 2.63. The lowest BCUT2D eigenvalue weighted by Crippen LogP contribution is -2.25. The molecule has 3 heteroatoms. The molecule has 0 saturated heterocycles. The molecule has 1 aromatic heterocycles. The first kappa shape index (κ1) is 7.80. The summed E-state index contributed by atoms with van der Waals surface area (Å²) in [4.78, 5) is 4.43. The van der Waals surface area contributed by atoms with Crippen LogP contribution in [-0.2, 0) is 6.42 Å². The lowest BCUT2D eigenvalue weighted by molar-refractivity contribution is 0.405. The van der Waals surface area contributed by atoms with E-state index in [1.165, 1.54) is 12.1 Å². The topological polar surface area (TPSA) is 43.8 Å². The molecule has 0 fully saturated rings. The van der Waals surface area contributed by atoms with Gasteiger partial charge in [0.25, 0.3) is 0 Å². The maximum atomic E-state index is 5.98. The van der Waals surface area contributed by atoms with Crippen molar-refractivity contribution in [2.24, 2.45) is 5.73 Å². The summed E-state index contributed by atoms with van der Waals surface area (Å²) >= 11 is 0. The zero-order valence-electron chi connectivity index (χ0n) is 7.67. The molecule has 1 aliphatic heterocycles. The number of nitrogens with zero attached hydrogens (tertiary/aromatic N) is 2. The molecule has 0 aliphatic carbocycles. The summed E-state index contributed by atoms with van der Waals surface area (Å²) in [6.45, 7) is 4.10. The fraction of sp³-hybridized carbons (Fsp3) is 0.667. The Morgan fingerprint density at radius 2 is 2.25 bits per heavy atom. The van der Waals surface area contributed by atoms with E-state index in [-0.39, 0.29) is 6.17 Å². The molecule has 0 amide bonds. The minimum absolute atomic E-state index is 0.162. The predicted octanol–water partition coefficient (Wildman–Crippen LogP) is 1.29. The standard InChI is InChI=1S/C9H15N3/c1-6-8-4-3-5-9(10)12(8)7(2)11-6/h9H,3-5,10H2,1-2H3. The Morgan fingerprint density at radius 3 is 2.92 bits per heavy atom. The largest absolute Gasteiger partial charge is 0.316 e. The smallest absolute Gasteiger partial charge is 0.107 e. The van der Waals surface area contributed by atoms with Crippen LogP contribution >= 0.6 is 0 Å². The van der Waals surface area contributed by atoms with Gasteiger partial charge < -0.3 is 10.3 Å². The van der Waals surface area contributed by atoms with E-state index in [2.05, 4.69) is 16.5 Å². The number of nitrogens with two attached hydrogens (primary N) is 1. The third-order valence-electron chi connectivity index (χ3n) is 2.63. The number of imidazole rings is 1. The van der Waals surface area contributed by atoms with E-state index in [1.54, 1.807) is 0 Å². The molecule has 1 atom stereocenters. The number of hydrogen-bond acceptors (Lipinski definition) is 2. The van der Waals surface area contributed by atoms with Gasteiger partial charge in [0, 0.05) is 5.69 Å². The lowest BCUT2D eigenvalue weighted by Gasteiger charge is -2.23. The Kier molecular flexibility index (Phi) is 1.68. The molecule has 1 unspecified atom stereocenters. The van der Waals surface area contributed by atoms with Crippen molar-refractivity contribution in [1.82, 2.24) is 9.55 Å². The molecule has 0 saturated carbocycles. The highest BCUT2D eigenvalue weighted by Crippen LogP contribution is 2.24. The number of fused-ring (bicyclic) bond motifs is 1. The first-order chi connectivity index (χ1) is 5.70. The van der Waals surface area contributed by atoms with E-state index >= 15 is 0 Å². The van der Waals surface area contributed by atoms with Gasteiger partial charge in [0.15, 0.2) is 0 Å². The van der Waals surface area contributed by atoms with Crippen LogP contribution in [0.1, 0.15) is 36.2 Å². The molecular formula is C9H15N3. The Balaban J connectivity index is 2.55. The number of aromatic nitrogens is 2. The third kappa shape index (κ3) is 0.966. The molecular weight excluding hydrogens is 150 g/mol. The minimum Gasteiger partial charge on any atom is -0.316 e. The van der Waals surface area contributed by atoms with Crippen LogP contribution in [0.4, 0.5) is 0 Å². The molecule has 2 rings (SSSR count). The fourth-order valence-corrected chi connectivity index (χ4v) is 2.08. The first-order valence-corrected chi connectivity index (χ1v) is 4.50. The molecule has 0 aromatic carbocycles. The summed E-state index contributed by atoms with van der Waals surface area (Å²) in [5, 5.41) is 0. The molecule has 0 radical (unpaired) electrons. The van der Waals surface area contributed by atoms with Gasteiger partial charge in [-0.3, -0.25) is 0 Å². The van der Waals surface area contributed by atoms with Crippen molar-refractivity contribution in [3.8, 4) is 0 Å². The summed E-state index contributed by atoms with van der Waals surface area (Å²) in [5.74, 6) is 1.06. The highest BCUT2D eigenvalue weighted by molar-refractivity contribution is 5.18. The molecule has 66 valence electrons. The monoisotopic (exact) mass is 165 g/mol. The van der Waals surface area contributed by atoms with Crippen molar-refractivity contribution in [1.29, 1.82) is 0 Å². The van der Waals surface area contributed by atoms with Crippen molar-refractivity contribution >= 4 is 0 Å². The highest BCUT2D eigenvalue weighted by atomic mass is 15.2. The normalized spacial score (nSPS) is 22.4. The summed E-state index contributed by atoms with van der Waals surface area (Å²) in [7, 11) is 0. The molecule has 1 aliphatic rings. The molecule has 0 spiro atoms. The van der Waals surface area contributed by atoms with Gasteiger partial charge in [0.05, 0.1) is 11.9 Å². The predicted molar refractivity (Wildman–Crippen MR) is 47.9 cm³/mol. The zero-order valence-corrected chi connectivity index (χ0v) is 7.67. The van der Waals surface area contributed by atoms with E-state index in [1.807, 2.05) is 6.92 Å². The molecule has 1 aromatic rings. The van der Waals surface area contributed by atoms with Gasteiger partial charge in [-0.1, -0.05) is 0 Å². The van der Waals surface area contributed by atoms with Crippen LogP contribution in [0.2, 0.25) is 0 Å². The summed E-state index contributed by atoms with van der Waals surface area (Å²) in [6, 6.07) is 0. The number of hydrogen-bond donors (Lipinski definition) is 1. The van der Waals surface area contributed by atoms with E-state index in [0.717, 1.165) is 24.4 Å². The van der Waals surface area contributed by atoms with Gasteiger partial charge in [0.1, 0.15) is 5.82 Å². The van der Waals surface area contributed by atoms with Gasteiger partial charge in [-0.2, -0.15) is 0 Å². The molecule has 3 nitrogen and oxygen atoms in total. The second-order valence-corrected chi connectivity index (χ2v) is 3.52. The van der Waals surface area contributed by atoms with E-state index in [9.17, 15) is 0 Å². The second-order valence-electron chi connectivity index (χ2n) is 3.52. The lowest BCUT2D eigenvalue weighted by atomic mass is 10.1. The summed E-state index contributed by atoms with van der Waals surface area (Å²) < 4.78 is 2.18. The van der Waals surface area contributed by atoms with Crippen molar-refractivity contribution in [3.05, 3.63) is 17.2 Å². The first-order valence-electron chi connectivity index (χ1n) is 4.50. The van der Waals surface area contributed by atoms with E-state index in [0.29, 0.717) is 0 Å². The number of aryl methyl sites for hydroxylation is 2. The SMILES string of the molecule is Cc1nc(C)n2c1CCCC2N. The van der Waals surface area contributed by atoms with Crippen LogP contribution in [0.5, 0.6) is 0 Å². The van der Waals surface area contributed by atoms with Crippen LogP contribution in [0.25, 0.3) is 0 Å². The Morgan fingerprint density at radius 1 is 1.50 bits per heavy atom. The average Bonchev–Trinajstić information content (AvgIpc) is 2.29. The Labute approximate surface area is 72.6 Å². The molecule has 2 heterocycles. The van der Waals surface area contributed by atoms with Crippen molar-refractivity contribution < 1.29 is 0 Å². The van der Waals surface area contributed by atoms with Gasteiger partial charge in [-0.15, -0.1) is 0 Å². The van der Waals surface area contributed by atoms with E-state index in [4.69, 9.17) is 5.73 Å². The maximum Gasteiger partial charge on any atom is 0.107 e. The van der Waals surface area contributed by atoms with Crippen molar-refractivity contribution in [2.75, 3.05) is 0 Å². The molecule has 0 bridgehead atoms. The average molecular weight is 165 g/mol. The molecule has 12 heavy (non-hydrogen) atoms. The summed E-state index contributed by atoms with van der Waals surface area (Å²) in [6.07, 6.45) is 3.59. The quantitative estimate of drug-likeness (QED) is 0.629. The van der Waals surface area contributed by atoms with E-state index < -0.39 is 0 Å². The fourth-order valence-electron chi connectivity index (χ4n) is 2.08. The minimum atomic E-state index is 0.162. The number of rotatable bonds is 0. The van der Waals surface area contributed by atoms with Crippen LogP contribution < -0.4 is 5.73 Å². The van der Waals surface area contributed by atoms with Gasteiger partial charge >= 0.3 is 0 Å². The maximum absolute atomic E-state index is 5.98. The van der Waals surface area contributed by atoms with Crippen LogP contribution in [0.15, 0.2) is 0 Å². The highest BCUT2D eigenvalue weighted by Gasteiger charge is 2.20. The Hall–Kier alpha value is -0.830. The second kappa shape index (κ2) is 2.59.